The Bertz CT molecular complexity index is 783. The first-order valence-electron chi connectivity index (χ1n) is 7.92. The van der Waals surface area contributed by atoms with Crippen molar-refractivity contribution in [2.24, 2.45) is 5.73 Å². The largest absolute Gasteiger partial charge is 0.366 e. The van der Waals surface area contributed by atoms with Crippen molar-refractivity contribution in [1.29, 1.82) is 0 Å². The van der Waals surface area contributed by atoms with Crippen LogP contribution >= 0.6 is 0 Å². The van der Waals surface area contributed by atoms with Gasteiger partial charge in [-0.25, -0.2) is 0 Å². The van der Waals surface area contributed by atoms with Gasteiger partial charge in [0.05, 0.1) is 5.56 Å². The van der Waals surface area contributed by atoms with Crippen LogP contribution in [0.25, 0.3) is 0 Å². The molecular formula is C18H20N4O3. The molecular weight excluding hydrogens is 320 g/mol. The van der Waals surface area contributed by atoms with Gasteiger partial charge in [-0.1, -0.05) is 6.07 Å². The van der Waals surface area contributed by atoms with Crippen molar-refractivity contribution in [2.45, 2.75) is 13.8 Å². The van der Waals surface area contributed by atoms with Gasteiger partial charge < -0.3 is 16.0 Å². The third-order valence-electron chi connectivity index (χ3n) is 3.70. The van der Waals surface area contributed by atoms with Gasteiger partial charge in [-0.2, -0.15) is 0 Å². The van der Waals surface area contributed by atoms with E-state index in [1.54, 1.807) is 29.2 Å². The summed E-state index contributed by atoms with van der Waals surface area (Å²) in [4.78, 5) is 41.3. The highest BCUT2D eigenvalue weighted by Crippen LogP contribution is 2.14. The van der Waals surface area contributed by atoms with E-state index < -0.39 is 11.8 Å². The molecule has 0 saturated carbocycles. The Hall–Kier alpha value is -3.22. The zero-order chi connectivity index (χ0) is 18.4. The molecule has 0 atom stereocenters. The Morgan fingerprint density at radius 3 is 2.36 bits per heavy atom. The van der Waals surface area contributed by atoms with Gasteiger partial charge in [0.2, 0.25) is 5.91 Å². The minimum absolute atomic E-state index is 0.0926. The molecule has 0 aliphatic rings. The number of nitrogens with zero attached hydrogens (tertiary/aromatic N) is 2. The van der Waals surface area contributed by atoms with Crippen molar-refractivity contribution >= 4 is 23.4 Å². The van der Waals surface area contributed by atoms with E-state index in [9.17, 15) is 14.4 Å². The number of carbonyl (C=O) groups excluding carboxylic acids is 3. The normalized spacial score (nSPS) is 10.2. The molecule has 3 amide bonds. The summed E-state index contributed by atoms with van der Waals surface area (Å²) < 4.78 is 0. The van der Waals surface area contributed by atoms with Crippen molar-refractivity contribution in [2.75, 3.05) is 18.4 Å². The van der Waals surface area contributed by atoms with Crippen LogP contribution in [0.1, 0.15) is 45.1 Å². The zero-order valence-electron chi connectivity index (χ0n) is 14.2. The van der Waals surface area contributed by atoms with Crippen LogP contribution in [0.2, 0.25) is 0 Å². The summed E-state index contributed by atoms with van der Waals surface area (Å²) in [6, 6.07) is 9.57. The molecule has 0 aliphatic carbocycles. The Morgan fingerprint density at radius 2 is 1.80 bits per heavy atom. The van der Waals surface area contributed by atoms with E-state index in [-0.39, 0.29) is 17.2 Å². The lowest BCUT2D eigenvalue weighted by Crippen LogP contribution is -2.30. The van der Waals surface area contributed by atoms with Gasteiger partial charge in [0.15, 0.2) is 0 Å². The molecule has 7 heteroatoms. The molecule has 2 rings (SSSR count). The van der Waals surface area contributed by atoms with Crippen molar-refractivity contribution in [3.63, 3.8) is 0 Å². The number of nitrogens with one attached hydrogen (secondary N) is 1. The lowest BCUT2D eigenvalue weighted by molar-refractivity contribution is 0.0772. The number of carbonyl (C=O) groups is 3. The van der Waals surface area contributed by atoms with E-state index in [0.29, 0.717) is 24.3 Å². The van der Waals surface area contributed by atoms with Crippen molar-refractivity contribution in [3.8, 4) is 0 Å². The average Bonchev–Trinajstić information content (AvgIpc) is 2.63. The second kappa shape index (κ2) is 8.05. The van der Waals surface area contributed by atoms with Crippen molar-refractivity contribution in [1.82, 2.24) is 9.88 Å². The van der Waals surface area contributed by atoms with Gasteiger partial charge in [-0.05, 0) is 44.2 Å². The number of nitrogens with two attached hydrogens (primary N) is 1. The first-order chi connectivity index (χ1) is 12.0. The molecule has 0 aliphatic heterocycles. The number of hydrogen-bond acceptors (Lipinski definition) is 4. The summed E-state index contributed by atoms with van der Waals surface area (Å²) in [6.45, 7) is 5.05. The minimum Gasteiger partial charge on any atom is -0.366 e. The second-order valence-corrected chi connectivity index (χ2v) is 5.31. The number of aromatic nitrogens is 1. The number of anilines is 1. The fourth-order valence-corrected chi connectivity index (χ4v) is 2.29. The molecule has 1 aromatic heterocycles. The molecule has 0 unspecified atom stereocenters. The Labute approximate surface area is 145 Å². The predicted octanol–water partition coefficient (Wildman–Crippen LogP) is 1.91. The highest BCUT2D eigenvalue weighted by molar-refractivity contribution is 6.04. The van der Waals surface area contributed by atoms with Crippen LogP contribution in [0.4, 0.5) is 5.69 Å². The van der Waals surface area contributed by atoms with E-state index in [1.165, 1.54) is 18.3 Å². The van der Waals surface area contributed by atoms with E-state index >= 15 is 0 Å². The van der Waals surface area contributed by atoms with Crippen LogP contribution in [0.5, 0.6) is 0 Å². The van der Waals surface area contributed by atoms with Crippen molar-refractivity contribution in [3.05, 3.63) is 59.4 Å². The fraction of sp³-hybridized carbons (Fsp3) is 0.222. The lowest BCUT2D eigenvalue weighted by Gasteiger charge is -2.19. The number of rotatable bonds is 6. The number of pyridine rings is 1. The molecule has 0 bridgehead atoms. The third-order valence-corrected chi connectivity index (χ3v) is 3.70. The Balaban J connectivity index is 2.14. The van der Waals surface area contributed by atoms with Crippen LogP contribution in [0.3, 0.4) is 0 Å². The average molecular weight is 340 g/mol. The quantitative estimate of drug-likeness (QED) is 0.838. The van der Waals surface area contributed by atoms with Crippen LogP contribution in [-0.4, -0.2) is 40.7 Å². The minimum atomic E-state index is -0.609. The third kappa shape index (κ3) is 4.41. The highest BCUT2D eigenvalue weighted by atomic mass is 16.2. The van der Waals surface area contributed by atoms with Crippen molar-refractivity contribution < 1.29 is 14.4 Å². The van der Waals surface area contributed by atoms with Gasteiger partial charge in [0.25, 0.3) is 11.8 Å². The summed E-state index contributed by atoms with van der Waals surface area (Å²) in [5, 5.41) is 2.69. The number of amides is 3. The van der Waals surface area contributed by atoms with E-state index in [0.717, 1.165) is 0 Å². The predicted molar refractivity (Wildman–Crippen MR) is 94.4 cm³/mol. The van der Waals surface area contributed by atoms with Gasteiger partial charge in [0.1, 0.15) is 5.69 Å². The van der Waals surface area contributed by atoms with Crippen LogP contribution < -0.4 is 11.1 Å². The SMILES string of the molecule is CCN(CC)C(=O)c1cccc(NC(=O)c2ccc(C(N)=O)cn2)c1. The lowest BCUT2D eigenvalue weighted by atomic mass is 10.1. The van der Waals surface area contributed by atoms with E-state index in [4.69, 9.17) is 5.73 Å². The molecule has 130 valence electrons. The summed E-state index contributed by atoms with van der Waals surface area (Å²) in [5.74, 6) is -1.14. The molecule has 25 heavy (non-hydrogen) atoms. The van der Waals surface area contributed by atoms with Gasteiger partial charge in [0, 0.05) is 30.5 Å². The molecule has 0 fully saturated rings. The Kier molecular flexibility index (Phi) is 5.84. The number of hydrogen-bond donors (Lipinski definition) is 2. The van der Waals surface area contributed by atoms with Crippen LogP contribution in [0, 0.1) is 0 Å². The Morgan fingerprint density at radius 1 is 1.08 bits per heavy atom. The maximum Gasteiger partial charge on any atom is 0.274 e. The molecule has 0 saturated heterocycles. The van der Waals surface area contributed by atoms with Gasteiger partial charge in [-0.3, -0.25) is 19.4 Å². The maximum absolute atomic E-state index is 12.4. The fourth-order valence-electron chi connectivity index (χ4n) is 2.29. The number of benzene rings is 1. The molecule has 1 aromatic carbocycles. The van der Waals surface area contributed by atoms with Crippen LogP contribution in [-0.2, 0) is 0 Å². The summed E-state index contributed by atoms with van der Waals surface area (Å²) in [7, 11) is 0. The molecule has 0 radical (unpaired) electrons. The maximum atomic E-state index is 12.4. The van der Waals surface area contributed by atoms with Gasteiger partial charge in [-0.15, -0.1) is 0 Å². The second-order valence-electron chi connectivity index (χ2n) is 5.31. The number of primary amides is 1. The summed E-state index contributed by atoms with van der Waals surface area (Å²) >= 11 is 0. The summed E-state index contributed by atoms with van der Waals surface area (Å²) in [6.07, 6.45) is 1.25. The highest BCUT2D eigenvalue weighted by Gasteiger charge is 2.14. The molecule has 3 N–H and O–H groups in total. The smallest absolute Gasteiger partial charge is 0.274 e. The monoisotopic (exact) mass is 340 g/mol. The van der Waals surface area contributed by atoms with E-state index in [2.05, 4.69) is 10.3 Å². The summed E-state index contributed by atoms with van der Waals surface area (Å²) in [5.41, 5.74) is 6.50. The molecule has 1 heterocycles. The first kappa shape index (κ1) is 18.1. The molecule has 0 spiro atoms. The topological polar surface area (TPSA) is 105 Å². The zero-order valence-corrected chi connectivity index (χ0v) is 14.2. The molecule has 7 nitrogen and oxygen atoms in total. The standard InChI is InChI=1S/C18H20N4O3/c1-3-22(4-2)18(25)12-6-5-7-14(10-12)21-17(24)15-9-8-13(11-20-15)16(19)23/h5-11H,3-4H2,1-2H3,(H2,19,23)(H,21,24). The molecule has 2 aromatic rings. The van der Waals surface area contributed by atoms with Crippen LogP contribution in [0.15, 0.2) is 42.6 Å². The van der Waals surface area contributed by atoms with Gasteiger partial charge >= 0.3 is 0 Å². The first-order valence-corrected chi connectivity index (χ1v) is 7.92. The van der Waals surface area contributed by atoms with E-state index in [1.807, 2.05) is 13.8 Å².